The molecule has 1 aromatic heterocycles. The minimum absolute atomic E-state index is 0.345. The van der Waals surface area contributed by atoms with Gasteiger partial charge in [0.25, 0.3) is 0 Å². The van der Waals surface area contributed by atoms with Gasteiger partial charge in [-0.25, -0.2) is 4.68 Å². The molecule has 1 heterocycles. The van der Waals surface area contributed by atoms with Crippen LogP contribution in [-0.2, 0) is 17.8 Å². The lowest BCUT2D eigenvalue weighted by atomic mass is 9.48. The van der Waals surface area contributed by atoms with Crippen LogP contribution in [0.25, 0.3) is 0 Å². The van der Waals surface area contributed by atoms with E-state index in [9.17, 15) is 4.79 Å². The van der Waals surface area contributed by atoms with Gasteiger partial charge in [0.1, 0.15) is 6.54 Å². The predicted molar refractivity (Wildman–Crippen MR) is 88.9 cm³/mol. The van der Waals surface area contributed by atoms with Crippen LogP contribution in [0.3, 0.4) is 0 Å². The molecular weight excluding hydrogens is 286 g/mol. The van der Waals surface area contributed by atoms with Gasteiger partial charge in [-0.3, -0.25) is 4.79 Å². The molecule has 4 heteroatoms. The van der Waals surface area contributed by atoms with E-state index < -0.39 is 0 Å². The van der Waals surface area contributed by atoms with Crippen molar-refractivity contribution in [3.05, 3.63) is 11.9 Å². The topological polar surface area (TPSA) is 47.8 Å². The molecule has 4 aliphatic carbocycles. The van der Waals surface area contributed by atoms with Crippen molar-refractivity contribution in [2.45, 2.75) is 77.7 Å². The quantitative estimate of drug-likeness (QED) is 0.769. The van der Waals surface area contributed by atoms with Crippen LogP contribution in [-0.4, -0.2) is 20.8 Å². The molecule has 23 heavy (non-hydrogen) atoms. The van der Waals surface area contributed by atoms with Gasteiger partial charge in [-0.1, -0.05) is 18.6 Å². The lowest BCUT2D eigenvalue weighted by Crippen LogP contribution is -2.47. The van der Waals surface area contributed by atoms with E-state index in [-0.39, 0.29) is 0 Å². The van der Waals surface area contributed by atoms with Crippen LogP contribution in [0.4, 0.5) is 0 Å². The summed E-state index contributed by atoms with van der Waals surface area (Å²) in [6.07, 6.45) is 14.3. The van der Waals surface area contributed by atoms with Crippen LogP contribution in [0.1, 0.15) is 70.4 Å². The van der Waals surface area contributed by atoms with Crippen molar-refractivity contribution in [3.8, 4) is 0 Å². The van der Waals surface area contributed by atoms with Gasteiger partial charge in [-0.15, -0.1) is 5.10 Å². The fraction of sp³-hybridized carbons (Fsp3) is 0.842. The molecule has 0 amide bonds. The number of aryl methyl sites for hydroxylation is 1. The van der Waals surface area contributed by atoms with E-state index in [1.807, 2.05) is 6.20 Å². The molecule has 4 saturated carbocycles. The van der Waals surface area contributed by atoms with Crippen molar-refractivity contribution in [3.63, 3.8) is 0 Å². The summed E-state index contributed by atoms with van der Waals surface area (Å²) in [5, 5.41) is 8.34. The first-order valence-electron chi connectivity index (χ1n) is 9.55. The van der Waals surface area contributed by atoms with Gasteiger partial charge in [0.2, 0.25) is 0 Å². The van der Waals surface area contributed by atoms with E-state index in [1.165, 1.54) is 38.5 Å². The Kier molecular flexibility index (Phi) is 4.02. The highest BCUT2D eigenvalue weighted by molar-refractivity contribution is 5.78. The molecule has 0 spiro atoms. The first-order chi connectivity index (χ1) is 11.1. The van der Waals surface area contributed by atoms with Crippen molar-refractivity contribution >= 4 is 5.78 Å². The van der Waals surface area contributed by atoms with E-state index >= 15 is 0 Å². The highest BCUT2D eigenvalue weighted by Crippen LogP contribution is 2.61. The lowest BCUT2D eigenvalue weighted by Gasteiger charge is -2.56. The normalized spacial score (nSPS) is 34.9. The van der Waals surface area contributed by atoms with Crippen molar-refractivity contribution in [2.24, 2.45) is 23.2 Å². The Bertz CT molecular complexity index is 542. The van der Waals surface area contributed by atoms with Gasteiger partial charge in [-0.2, -0.15) is 0 Å². The summed E-state index contributed by atoms with van der Waals surface area (Å²) < 4.78 is 1.76. The van der Waals surface area contributed by atoms with Gasteiger partial charge < -0.3 is 0 Å². The molecule has 4 bridgehead atoms. The van der Waals surface area contributed by atoms with E-state index in [2.05, 4.69) is 17.2 Å². The summed E-state index contributed by atoms with van der Waals surface area (Å²) >= 11 is 0. The summed E-state index contributed by atoms with van der Waals surface area (Å²) in [6.45, 7) is 2.60. The molecule has 1 aromatic rings. The summed E-state index contributed by atoms with van der Waals surface area (Å²) in [6, 6.07) is 0. The smallest absolute Gasteiger partial charge is 0.154 e. The Labute approximate surface area is 139 Å². The van der Waals surface area contributed by atoms with E-state index in [4.69, 9.17) is 0 Å². The average molecular weight is 315 g/mol. The number of hydrogen-bond acceptors (Lipinski definition) is 3. The fourth-order valence-electron chi connectivity index (χ4n) is 6.05. The first kappa shape index (κ1) is 15.3. The third-order valence-electron chi connectivity index (χ3n) is 6.45. The maximum Gasteiger partial charge on any atom is 0.154 e. The Morgan fingerprint density at radius 3 is 2.48 bits per heavy atom. The number of carbonyl (C=O) groups excluding carboxylic acids is 1. The zero-order valence-corrected chi connectivity index (χ0v) is 14.3. The van der Waals surface area contributed by atoms with Crippen LogP contribution in [0.15, 0.2) is 6.20 Å². The van der Waals surface area contributed by atoms with Crippen molar-refractivity contribution < 1.29 is 4.79 Å². The molecule has 4 aliphatic rings. The molecular formula is C19H29N3O. The molecule has 0 unspecified atom stereocenters. The molecule has 126 valence electrons. The Hall–Kier alpha value is -1.19. The molecule has 0 N–H and O–H groups in total. The van der Waals surface area contributed by atoms with Gasteiger partial charge in [0.15, 0.2) is 5.78 Å². The monoisotopic (exact) mass is 315 g/mol. The largest absolute Gasteiger partial charge is 0.298 e. The van der Waals surface area contributed by atoms with Crippen molar-refractivity contribution in [1.82, 2.24) is 15.0 Å². The number of aromatic nitrogens is 3. The van der Waals surface area contributed by atoms with Gasteiger partial charge in [-0.05, 0) is 74.5 Å². The first-order valence-corrected chi connectivity index (χ1v) is 9.55. The van der Waals surface area contributed by atoms with Crippen molar-refractivity contribution in [1.29, 1.82) is 0 Å². The minimum Gasteiger partial charge on any atom is -0.298 e. The number of Topliss-reactive ketones (excluding diaryl/α,β-unsaturated/α-hetero) is 1. The second-order valence-electron chi connectivity index (χ2n) is 8.64. The Balaban J connectivity index is 1.36. The van der Waals surface area contributed by atoms with Crippen LogP contribution < -0.4 is 0 Å². The lowest BCUT2D eigenvalue weighted by molar-refractivity contribution is -0.128. The maximum atomic E-state index is 12.6. The van der Waals surface area contributed by atoms with Gasteiger partial charge in [0, 0.05) is 12.6 Å². The summed E-state index contributed by atoms with van der Waals surface area (Å²) in [5.74, 6) is 3.11. The van der Waals surface area contributed by atoms with Gasteiger partial charge >= 0.3 is 0 Å². The van der Waals surface area contributed by atoms with Crippen LogP contribution in [0, 0.1) is 23.2 Å². The maximum absolute atomic E-state index is 12.6. The molecule has 4 fully saturated rings. The second kappa shape index (κ2) is 6.03. The van der Waals surface area contributed by atoms with Gasteiger partial charge in [0.05, 0.1) is 5.69 Å². The number of nitrogens with zero attached hydrogens (tertiary/aromatic N) is 3. The zero-order chi connectivity index (χ0) is 15.9. The Morgan fingerprint density at radius 1 is 1.22 bits per heavy atom. The van der Waals surface area contributed by atoms with E-state index in [0.717, 1.165) is 49.1 Å². The minimum atomic E-state index is 0.345. The SMILES string of the molecule is CCCCc1cn(CC(=O)CC23CC4CC(CC(C4)C2)C3)nn1. The molecule has 0 aliphatic heterocycles. The summed E-state index contributed by atoms with van der Waals surface area (Å²) in [5.41, 5.74) is 1.37. The second-order valence-corrected chi connectivity index (χ2v) is 8.64. The van der Waals surface area contributed by atoms with E-state index in [1.54, 1.807) is 4.68 Å². The molecule has 0 saturated heterocycles. The summed E-state index contributed by atoms with van der Waals surface area (Å²) in [4.78, 5) is 12.6. The molecule has 4 nitrogen and oxygen atoms in total. The van der Waals surface area contributed by atoms with Crippen LogP contribution in [0.5, 0.6) is 0 Å². The van der Waals surface area contributed by atoms with Crippen molar-refractivity contribution in [2.75, 3.05) is 0 Å². The fourth-order valence-corrected chi connectivity index (χ4v) is 6.05. The predicted octanol–water partition coefficient (Wildman–Crippen LogP) is 3.80. The number of rotatable bonds is 7. The molecule has 0 atom stereocenters. The average Bonchev–Trinajstić information content (AvgIpc) is 2.90. The summed E-state index contributed by atoms with van der Waals surface area (Å²) in [7, 11) is 0. The van der Waals surface area contributed by atoms with Crippen LogP contribution in [0.2, 0.25) is 0 Å². The third kappa shape index (κ3) is 3.22. The number of ketones is 1. The van der Waals surface area contributed by atoms with Crippen LogP contribution >= 0.6 is 0 Å². The molecule has 0 radical (unpaired) electrons. The highest BCUT2D eigenvalue weighted by atomic mass is 16.1. The number of hydrogen-bond donors (Lipinski definition) is 0. The third-order valence-corrected chi connectivity index (χ3v) is 6.45. The number of carbonyl (C=O) groups is 1. The standard InChI is InChI=1S/C19H29N3O/c1-2-3-4-17-12-22(21-20-17)13-18(23)11-19-8-14-5-15(9-19)7-16(6-14)10-19/h12,14-16H,2-11,13H2,1H3. The number of unbranched alkanes of at least 4 members (excludes halogenated alkanes) is 1. The highest BCUT2D eigenvalue weighted by Gasteiger charge is 2.51. The van der Waals surface area contributed by atoms with E-state index in [0.29, 0.717) is 17.7 Å². The molecule has 0 aromatic carbocycles. The zero-order valence-electron chi connectivity index (χ0n) is 14.3. The molecule has 5 rings (SSSR count). The Morgan fingerprint density at radius 2 is 1.87 bits per heavy atom.